The molecule has 55 heavy (non-hydrogen) atoms. The van der Waals surface area contributed by atoms with Gasteiger partial charge < -0.3 is 28.9 Å². The van der Waals surface area contributed by atoms with Crippen LogP contribution in [-0.2, 0) is 9.59 Å². The Hall–Kier alpha value is -6.48. The number of hydrogen-bond donors (Lipinski definition) is 2. The van der Waals surface area contributed by atoms with E-state index in [1.54, 1.807) is 28.4 Å². The van der Waals surface area contributed by atoms with Crippen LogP contribution in [-0.4, -0.2) is 61.7 Å². The third kappa shape index (κ3) is 6.56. The summed E-state index contributed by atoms with van der Waals surface area (Å²) in [4.78, 5) is 37.6. The molecule has 5 aromatic carbocycles. The second-order valence-electron chi connectivity index (χ2n) is 13.9. The number of aromatic nitrogens is 2. The lowest BCUT2D eigenvalue weighted by Crippen LogP contribution is -2.43. The van der Waals surface area contributed by atoms with Gasteiger partial charge in [-0.1, -0.05) is 78.9 Å². The molecule has 2 unspecified atom stereocenters. The average Bonchev–Trinajstić information content (AvgIpc) is 3.81. The second kappa shape index (κ2) is 15.1. The molecule has 9 nitrogen and oxygen atoms in total. The van der Waals surface area contributed by atoms with Crippen LogP contribution in [0.25, 0.3) is 44.3 Å². The number of methoxy groups -OCH3 is 4. The number of carbonyl (C=O) groups is 2. The summed E-state index contributed by atoms with van der Waals surface area (Å²) in [6, 6.07) is 38.2. The van der Waals surface area contributed by atoms with Gasteiger partial charge in [-0.15, -0.1) is 0 Å². The molecule has 2 aromatic heterocycles. The monoisotopic (exact) mass is 733 g/mol. The Labute approximate surface area is 319 Å². The number of H-pyrrole nitrogens is 2. The third-order valence-corrected chi connectivity index (χ3v) is 10.9. The Morgan fingerprint density at radius 2 is 1.33 bits per heavy atom. The summed E-state index contributed by atoms with van der Waals surface area (Å²) in [7, 11) is 6.36. The zero-order valence-corrected chi connectivity index (χ0v) is 31.3. The van der Waals surface area contributed by atoms with Gasteiger partial charge in [0.05, 0.1) is 34.1 Å². The maximum absolute atomic E-state index is 14.7. The topological polar surface area (TPSA) is 106 Å². The molecule has 1 aliphatic rings. The Bertz CT molecular complexity index is 2480. The van der Waals surface area contributed by atoms with Crippen LogP contribution in [0.2, 0.25) is 0 Å². The van der Waals surface area contributed by atoms with Crippen LogP contribution in [0.1, 0.15) is 47.8 Å². The van der Waals surface area contributed by atoms with Gasteiger partial charge in [0.25, 0.3) is 0 Å². The molecule has 1 saturated heterocycles. The van der Waals surface area contributed by atoms with E-state index >= 15 is 0 Å². The highest BCUT2D eigenvalue weighted by Crippen LogP contribution is 2.47. The highest BCUT2D eigenvalue weighted by atomic mass is 16.5. The fraction of sp³-hybridized carbons (Fsp3) is 0.217. The fourth-order valence-electron chi connectivity index (χ4n) is 8.25. The minimum absolute atomic E-state index is 0.0153. The highest BCUT2D eigenvalue weighted by Gasteiger charge is 2.36. The molecular weight excluding hydrogens is 691 g/mol. The zero-order chi connectivity index (χ0) is 38.1. The molecule has 0 radical (unpaired) electrons. The summed E-state index contributed by atoms with van der Waals surface area (Å²) in [5.41, 5.74) is 8.63. The van der Waals surface area contributed by atoms with Gasteiger partial charge in [0.1, 0.15) is 5.75 Å². The smallest absolute Gasteiger partial charge is 0.230 e. The molecule has 0 saturated carbocycles. The molecule has 0 bridgehead atoms. The molecule has 8 rings (SSSR count). The molecule has 9 heteroatoms. The van der Waals surface area contributed by atoms with E-state index in [0.29, 0.717) is 36.0 Å². The molecule has 2 N–H and O–H groups in total. The van der Waals surface area contributed by atoms with E-state index in [-0.39, 0.29) is 30.6 Å². The molecule has 1 fully saturated rings. The first-order chi connectivity index (χ1) is 26.9. The summed E-state index contributed by atoms with van der Waals surface area (Å²) >= 11 is 0. The number of amides is 2. The molecule has 278 valence electrons. The zero-order valence-electron chi connectivity index (χ0n) is 31.3. The number of hydrogen-bond acceptors (Lipinski definition) is 6. The van der Waals surface area contributed by atoms with Crippen molar-refractivity contribution < 1.29 is 28.5 Å². The number of rotatable bonds is 11. The summed E-state index contributed by atoms with van der Waals surface area (Å²) in [6.07, 6.45) is 0.886. The Kier molecular flexibility index (Phi) is 9.76. The lowest BCUT2D eigenvalue weighted by atomic mass is 9.83. The largest absolute Gasteiger partial charge is 0.497 e. The maximum atomic E-state index is 14.7. The van der Waals surface area contributed by atoms with Crippen LogP contribution in [0.15, 0.2) is 115 Å². The van der Waals surface area contributed by atoms with Crippen LogP contribution in [0, 0.1) is 0 Å². The van der Waals surface area contributed by atoms with Crippen molar-refractivity contribution in [2.45, 2.75) is 31.1 Å². The predicted octanol–water partition coefficient (Wildman–Crippen LogP) is 9.47. The standard InChI is InChI=1S/C46H43N3O6/c1-52-32-19-20-37-35(26-32)43(45(48-37)29-15-9-6-10-16-29)34(31-23-38(53-2)46(55-4)39(24-31)54-3)27-41(51)49-22-21-30(25-40(49)50)42-33-17-11-12-18-36(33)47-44(42)28-13-7-5-8-14-28/h5-20,23-24,26,30,34,47-48H,21-22,25,27H2,1-4H3. The van der Waals surface area contributed by atoms with Crippen LogP contribution in [0.3, 0.4) is 0 Å². The quantitative estimate of drug-likeness (QED) is 0.137. The minimum atomic E-state index is -0.527. The van der Waals surface area contributed by atoms with E-state index in [1.165, 1.54) is 4.90 Å². The Morgan fingerprint density at radius 3 is 1.96 bits per heavy atom. The number of nitrogens with one attached hydrogen (secondary N) is 2. The van der Waals surface area contributed by atoms with E-state index in [1.807, 2.05) is 91.0 Å². The van der Waals surface area contributed by atoms with Gasteiger partial charge in [0.15, 0.2) is 11.5 Å². The summed E-state index contributed by atoms with van der Waals surface area (Å²) in [5, 5.41) is 2.01. The van der Waals surface area contributed by atoms with Crippen molar-refractivity contribution in [2.75, 3.05) is 35.0 Å². The van der Waals surface area contributed by atoms with Gasteiger partial charge in [0, 0.05) is 52.8 Å². The van der Waals surface area contributed by atoms with Crippen LogP contribution in [0.5, 0.6) is 23.0 Å². The second-order valence-corrected chi connectivity index (χ2v) is 13.9. The summed E-state index contributed by atoms with van der Waals surface area (Å²) in [5.74, 6) is 1.06. The predicted molar refractivity (Wildman–Crippen MR) is 215 cm³/mol. The SMILES string of the molecule is COc1ccc2[nH]c(-c3ccccc3)c(C(CC(=O)N3CCC(c4c(-c5ccccc5)[nH]c5ccccc45)CC3=O)c3cc(OC)c(OC)c(OC)c3)c2c1. The van der Waals surface area contributed by atoms with Gasteiger partial charge in [-0.2, -0.15) is 0 Å². The van der Waals surface area contributed by atoms with Gasteiger partial charge in [-0.3, -0.25) is 14.5 Å². The van der Waals surface area contributed by atoms with Crippen molar-refractivity contribution in [3.8, 4) is 45.5 Å². The number of aromatic amines is 2. The van der Waals surface area contributed by atoms with Gasteiger partial charge in [0.2, 0.25) is 17.6 Å². The number of benzene rings is 5. The van der Waals surface area contributed by atoms with E-state index in [9.17, 15) is 9.59 Å². The number of imide groups is 1. The fourth-order valence-corrected chi connectivity index (χ4v) is 8.25. The molecule has 0 aliphatic carbocycles. The molecule has 7 aromatic rings. The summed E-state index contributed by atoms with van der Waals surface area (Å²) < 4.78 is 23.0. The Balaban J connectivity index is 1.20. The number of likely N-dealkylation sites (tertiary alicyclic amines) is 1. The normalized spacial score (nSPS) is 14.9. The van der Waals surface area contributed by atoms with E-state index in [2.05, 4.69) is 34.2 Å². The lowest BCUT2D eigenvalue weighted by Gasteiger charge is -2.32. The third-order valence-electron chi connectivity index (χ3n) is 10.9. The molecule has 2 atom stereocenters. The summed E-state index contributed by atoms with van der Waals surface area (Å²) in [6.45, 7) is 0.311. The number of para-hydroxylation sites is 1. The number of fused-ring (bicyclic) bond motifs is 2. The average molecular weight is 734 g/mol. The molecule has 2 amide bonds. The van der Waals surface area contributed by atoms with Crippen molar-refractivity contribution in [3.05, 3.63) is 132 Å². The van der Waals surface area contributed by atoms with Crippen LogP contribution < -0.4 is 18.9 Å². The van der Waals surface area contributed by atoms with Crippen LogP contribution in [0.4, 0.5) is 0 Å². The molecular formula is C46H43N3O6. The van der Waals surface area contributed by atoms with Gasteiger partial charge in [-0.25, -0.2) is 0 Å². The number of nitrogens with zero attached hydrogens (tertiary/aromatic N) is 1. The molecule has 0 spiro atoms. The van der Waals surface area contributed by atoms with Gasteiger partial charge in [-0.05, 0) is 76.6 Å². The van der Waals surface area contributed by atoms with E-state index < -0.39 is 5.92 Å². The first-order valence-electron chi connectivity index (χ1n) is 18.5. The first-order valence-corrected chi connectivity index (χ1v) is 18.5. The Morgan fingerprint density at radius 1 is 0.709 bits per heavy atom. The van der Waals surface area contributed by atoms with Gasteiger partial charge >= 0.3 is 0 Å². The number of carbonyl (C=O) groups excluding carboxylic acids is 2. The number of ether oxygens (including phenoxy) is 4. The van der Waals surface area contributed by atoms with Crippen LogP contribution >= 0.6 is 0 Å². The minimum Gasteiger partial charge on any atom is -0.497 e. The van der Waals surface area contributed by atoms with Crippen molar-refractivity contribution in [1.82, 2.24) is 14.9 Å². The van der Waals surface area contributed by atoms with Crippen molar-refractivity contribution in [1.29, 1.82) is 0 Å². The first kappa shape index (κ1) is 35.5. The highest BCUT2D eigenvalue weighted by molar-refractivity contribution is 5.99. The van der Waals surface area contributed by atoms with Crippen molar-refractivity contribution in [3.63, 3.8) is 0 Å². The van der Waals surface area contributed by atoms with Crippen molar-refractivity contribution >= 4 is 33.6 Å². The van der Waals surface area contributed by atoms with E-state index in [0.717, 1.165) is 61.0 Å². The van der Waals surface area contributed by atoms with Crippen molar-refractivity contribution in [2.24, 2.45) is 0 Å². The molecule has 1 aliphatic heterocycles. The number of piperidine rings is 1. The van der Waals surface area contributed by atoms with E-state index in [4.69, 9.17) is 18.9 Å². The molecule has 3 heterocycles. The maximum Gasteiger partial charge on any atom is 0.230 e. The lowest BCUT2D eigenvalue weighted by molar-refractivity contribution is -0.147.